The molecule has 0 fully saturated rings. The second kappa shape index (κ2) is 12.7. The number of carboxylic acids is 2. The molecule has 152 valence electrons. The maximum atomic E-state index is 10.5. The number of aliphatic carboxylic acids is 2. The van der Waals surface area contributed by atoms with Crippen molar-refractivity contribution in [3.8, 4) is 0 Å². The summed E-state index contributed by atoms with van der Waals surface area (Å²) in [6.45, 7) is 0. The van der Waals surface area contributed by atoms with Gasteiger partial charge in [-0.3, -0.25) is 0 Å². The molecule has 0 aromatic carbocycles. The molecule has 0 bridgehead atoms. The third-order valence-electron chi connectivity index (χ3n) is 2.50. The second-order valence-corrected chi connectivity index (χ2v) is 12.7. The number of carbonyl (C=O) groups is 2. The minimum atomic E-state index is -1.09. The Balaban J connectivity index is 0.000000261. The Kier molecular flexibility index (Phi) is 11.9. The molecule has 4 rings (SSSR count). The van der Waals surface area contributed by atoms with Crippen molar-refractivity contribution in [3.05, 3.63) is 59.2 Å². The number of quaternary nitrogens is 1. The van der Waals surface area contributed by atoms with E-state index in [1.807, 2.05) is 21.6 Å². The summed E-state index contributed by atoms with van der Waals surface area (Å²) >= 11 is 12.0. The Morgan fingerprint density at radius 1 is 0.607 bits per heavy atom. The molecule has 0 aromatic rings. The van der Waals surface area contributed by atoms with Gasteiger partial charge < -0.3 is 26.0 Å². The van der Waals surface area contributed by atoms with Crippen molar-refractivity contribution in [2.24, 2.45) is 0 Å². The molecule has 4 N–H and O–H groups in total. The fourth-order valence-corrected chi connectivity index (χ4v) is 10.0. The molecular formula is C15H14NO4S8-. The first-order valence-electron chi connectivity index (χ1n) is 6.52. The van der Waals surface area contributed by atoms with E-state index >= 15 is 0 Å². The molecule has 0 spiro atoms. The van der Waals surface area contributed by atoms with Crippen LogP contribution in [0.15, 0.2) is 59.2 Å². The van der Waals surface area contributed by atoms with Crippen LogP contribution in [-0.2, 0) is 9.59 Å². The smallest absolute Gasteiger partial charge is 0.0788 e. The predicted octanol–water partition coefficient (Wildman–Crippen LogP) is 5.28. The van der Waals surface area contributed by atoms with Crippen molar-refractivity contribution < 1.29 is 19.8 Å². The average molecular weight is 529 g/mol. The van der Waals surface area contributed by atoms with E-state index in [1.165, 1.54) is 47.0 Å². The van der Waals surface area contributed by atoms with Gasteiger partial charge in [-0.15, -0.1) is 0 Å². The lowest BCUT2D eigenvalue weighted by Crippen LogP contribution is -2.22. The summed E-state index contributed by atoms with van der Waals surface area (Å²) in [6.07, 6.45) is 0. The largest absolute Gasteiger partial charge is 0.544 e. The van der Waals surface area contributed by atoms with E-state index in [4.69, 9.17) is 0 Å². The number of thioether (sulfide) groups is 8. The van der Waals surface area contributed by atoms with Crippen LogP contribution in [0.2, 0.25) is 0 Å². The summed E-state index contributed by atoms with van der Waals surface area (Å²) in [5.41, 5.74) is 0. The number of hydrogen-bond acceptors (Lipinski definition) is 12. The van der Waals surface area contributed by atoms with Crippen LogP contribution in [-0.4, -0.2) is 11.9 Å². The third kappa shape index (κ3) is 7.13. The Bertz CT molecular complexity index is 740. The van der Waals surface area contributed by atoms with E-state index in [2.05, 4.69) is 0 Å². The van der Waals surface area contributed by atoms with Crippen molar-refractivity contribution in [1.82, 2.24) is 6.15 Å². The molecular weight excluding hydrogens is 515 g/mol. The summed E-state index contributed by atoms with van der Waals surface area (Å²) < 4.78 is 4.39. The molecule has 13 heteroatoms. The third-order valence-corrected chi connectivity index (χ3v) is 12.5. The summed E-state index contributed by atoms with van der Waals surface area (Å²) in [4.78, 5) is 21.6. The van der Waals surface area contributed by atoms with E-state index in [-0.39, 0.29) is 13.6 Å². The number of carbonyl (C=O) groups excluding carboxylic acids is 2. The van der Waals surface area contributed by atoms with Crippen LogP contribution in [0.1, 0.15) is 7.43 Å². The quantitative estimate of drug-likeness (QED) is 0.502. The Hall–Kier alpha value is 0.140. The van der Waals surface area contributed by atoms with Gasteiger partial charge >= 0.3 is 0 Å². The molecule has 0 unspecified atom stereocenters. The maximum Gasteiger partial charge on any atom is 0.0788 e. The van der Waals surface area contributed by atoms with Crippen LogP contribution in [0, 0.1) is 0 Å². The van der Waals surface area contributed by atoms with E-state index in [9.17, 15) is 19.8 Å². The van der Waals surface area contributed by atoms with Crippen LogP contribution >= 0.6 is 94.1 Å². The van der Waals surface area contributed by atoms with Gasteiger partial charge in [0.15, 0.2) is 0 Å². The highest BCUT2D eigenvalue weighted by molar-refractivity contribution is 8.34. The standard InChI is InChI=1S/2C7H4O2S4.CH4.H3N/c2*8-5(9)4-3-12-7(13-4)6-10-1-2-11-6;;/h2*1-3H,(H,8,9);1H4;1H3/p-1. The van der Waals surface area contributed by atoms with E-state index < -0.39 is 11.9 Å². The van der Waals surface area contributed by atoms with Gasteiger partial charge in [-0.25, -0.2) is 0 Å². The molecule has 28 heavy (non-hydrogen) atoms. The first kappa shape index (κ1) is 26.2. The second-order valence-electron chi connectivity index (χ2n) is 4.14. The highest BCUT2D eigenvalue weighted by atomic mass is 32.2. The fourth-order valence-electron chi connectivity index (χ4n) is 1.48. The molecule has 0 aromatic heterocycles. The van der Waals surface area contributed by atoms with E-state index in [1.54, 1.807) is 57.9 Å². The van der Waals surface area contributed by atoms with Crippen LogP contribution in [0.25, 0.3) is 0 Å². The Labute approximate surface area is 197 Å². The molecule has 4 aliphatic heterocycles. The van der Waals surface area contributed by atoms with Gasteiger partial charge in [0.1, 0.15) is 0 Å². The zero-order valence-electron chi connectivity index (χ0n) is 13.4. The van der Waals surface area contributed by atoms with Crippen molar-refractivity contribution in [2.75, 3.05) is 0 Å². The molecule has 5 nitrogen and oxygen atoms in total. The monoisotopic (exact) mass is 528 g/mol. The van der Waals surface area contributed by atoms with Gasteiger partial charge in [0, 0.05) is 9.81 Å². The highest BCUT2D eigenvalue weighted by Gasteiger charge is 2.19. The van der Waals surface area contributed by atoms with E-state index in [0.717, 1.165) is 16.9 Å². The minimum absolute atomic E-state index is 0. The predicted molar refractivity (Wildman–Crippen MR) is 132 cm³/mol. The van der Waals surface area contributed by atoms with Gasteiger partial charge in [-0.1, -0.05) is 102 Å². The zero-order valence-corrected chi connectivity index (χ0v) is 19.9. The summed E-state index contributed by atoms with van der Waals surface area (Å²) in [5.74, 6) is -2.18. The summed E-state index contributed by atoms with van der Waals surface area (Å²) in [5, 5.41) is 32.2. The van der Waals surface area contributed by atoms with Crippen LogP contribution < -0.4 is 16.4 Å². The van der Waals surface area contributed by atoms with Gasteiger partial charge in [0.05, 0.1) is 28.9 Å². The first-order chi connectivity index (χ1) is 12.5. The zero-order chi connectivity index (χ0) is 18.5. The molecule has 0 amide bonds. The van der Waals surface area contributed by atoms with Crippen molar-refractivity contribution in [2.45, 2.75) is 7.43 Å². The van der Waals surface area contributed by atoms with Crippen LogP contribution in [0.4, 0.5) is 0 Å². The molecule has 4 heterocycles. The average Bonchev–Trinajstić information content (AvgIpc) is 3.44. The first-order valence-corrected chi connectivity index (χ1v) is 13.4. The fraction of sp³-hybridized carbons (Fsp3) is 0.0667. The summed E-state index contributed by atoms with van der Waals surface area (Å²) in [6, 6.07) is 0. The molecule has 0 saturated carbocycles. The maximum absolute atomic E-state index is 10.5. The van der Waals surface area contributed by atoms with Crippen LogP contribution in [0.3, 0.4) is 0 Å². The lowest BCUT2D eigenvalue weighted by atomic mass is 10.7. The molecule has 0 radical (unpaired) electrons. The van der Waals surface area contributed by atoms with Crippen LogP contribution in [0.5, 0.6) is 0 Å². The number of carboxylic acid groups (broad SMARTS) is 2. The van der Waals surface area contributed by atoms with E-state index in [0.29, 0.717) is 9.81 Å². The lowest BCUT2D eigenvalue weighted by Gasteiger charge is -2.02. The topological polar surface area (TPSA) is 117 Å². The Morgan fingerprint density at radius 2 is 0.929 bits per heavy atom. The SMILES string of the molecule is C.O=C([O-])C1=CSC(=C2SC=CS2)S1.O=C([O-])C1=CSC(=C2SC=CS2)S1.[NH4+]. The molecule has 4 aliphatic rings. The van der Waals surface area contributed by atoms with Gasteiger partial charge in [0.2, 0.25) is 0 Å². The normalized spacial score (nSPS) is 19.6. The lowest BCUT2D eigenvalue weighted by molar-refractivity contribution is -0.299. The number of hydrogen-bond donors (Lipinski definition) is 1. The molecule has 0 aliphatic carbocycles. The molecule has 0 saturated heterocycles. The Morgan fingerprint density at radius 3 is 1.18 bits per heavy atom. The number of rotatable bonds is 2. The van der Waals surface area contributed by atoms with Crippen molar-refractivity contribution >= 4 is 106 Å². The van der Waals surface area contributed by atoms with Gasteiger partial charge in [-0.2, -0.15) is 0 Å². The van der Waals surface area contributed by atoms with Crippen molar-refractivity contribution in [3.63, 3.8) is 0 Å². The highest BCUT2D eigenvalue weighted by Crippen LogP contribution is 2.53. The minimum Gasteiger partial charge on any atom is -0.544 e. The van der Waals surface area contributed by atoms with Crippen molar-refractivity contribution in [1.29, 1.82) is 0 Å². The molecule has 0 atom stereocenters. The van der Waals surface area contributed by atoms with Gasteiger partial charge in [-0.05, 0) is 32.4 Å². The summed E-state index contributed by atoms with van der Waals surface area (Å²) in [7, 11) is 0. The van der Waals surface area contributed by atoms with Gasteiger partial charge in [0.25, 0.3) is 0 Å².